The Labute approximate surface area is 109 Å². The fraction of sp³-hybridized carbons (Fsp3) is 0.556. The van der Waals surface area contributed by atoms with Crippen LogP contribution in [0, 0.1) is 0 Å². The van der Waals surface area contributed by atoms with Crippen molar-refractivity contribution in [3.8, 4) is 0 Å². The molecule has 0 spiro atoms. The fourth-order valence-corrected chi connectivity index (χ4v) is 2.65. The third-order valence-electron chi connectivity index (χ3n) is 2.53. The molecular formula is C9H13BrN4O2S. The van der Waals surface area contributed by atoms with Crippen LogP contribution in [0.15, 0.2) is 16.9 Å². The van der Waals surface area contributed by atoms with Crippen molar-refractivity contribution in [2.24, 2.45) is 0 Å². The van der Waals surface area contributed by atoms with Gasteiger partial charge in [0.15, 0.2) is 0 Å². The zero-order chi connectivity index (χ0) is 12.5. The monoisotopic (exact) mass is 320 g/mol. The lowest BCUT2D eigenvalue weighted by molar-refractivity contribution is 0.451. The summed E-state index contributed by atoms with van der Waals surface area (Å²) < 4.78 is 28.2. The van der Waals surface area contributed by atoms with E-state index < -0.39 is 10.2 Å². The number of hydrogen-bond acceptors (Lipinski definition) is 4. The van der Waals surface area contributed by atoms with E-state index in [1.54, 1.807) is 19.4 Å². The molecule has 0 radical (unpaired) electrons. The second-order valence-corrected chi connectivity index (χ2v) is 6.62. The first kappa shape index (κ1) is 12.9. The smallest absolute Gasteiger partial charge is 0.239 e. The number of nitrogens with zero attached hydrogens (tertiary/aromatic N) is 3. The maximum absolute atomic E-state index is 11.8. The Morgan fingerprint density at radius 2 is 2.06 bits per heavy atom. The fourth-order valence-electron chi connectivity index (χ4n) is 1.32. The van der Waals surface area contributed by atoms with Gasteiger partial charge in [0, 0.05) is 25.5 Å². The summed E-state index contributed by atoms with van der Waals surface area (Å²) in [5.74, 6) is 0.445. The zero-order valence-electron chi connectivity index (χ0n) is 9.30. The SMILES string of the molecule is CN(C1CC1)S(=O)(=O)NCc1ncc(Br)cn1. The summed E-state index contributed by atoms with van der Waals surface area (Å²) in [6.45, 7) is 0.104. The van der Waals surface area contributed by atoms with Gasteiger partial charge in [0.2, 0.25) is 0 Å². The van der Waals surface area contributed by atoms with Crippen LogP contribution in [0.3, 0.4) is 0 Å². The first-order valence-electron chi connectivity index (χ1n) is 5.18. The molecule has 0 aliphatic heterocycles. The molecule has 0 aromatic carbocycles. The average Bonchev–Trinajstić information content (AvgIpc) is 3.11. The largest absolute Gasteiger partial charge is 0.279 e. The van der Waals surface area contributed by atoms with Crippen molar-refractivity contribution >= 4 is 26.1 Å². The molecule has 17 heavy (non-hydrogen) atoms. The quantitative estimate of drug-likeness (QED) is 0.865. The van der Waals surface area contributed by atoms with Gasteiger partial charge in [-0.25, -0.2) is 9.97 Å². The molecular weight excluding hydrogens is 308 g/mol. The number of nitrogens with one attached hydrogen (secondary N) is 1. The van der Waals surface area contributed by atoms with E-state index in [-0.39, 0.29) is 12.6 Å². The van der Waals surface area contributed by atoms with E-state index >= 15 is 0 Å². The Bertz CT molecular complexity index is 486. The van der Waals surface area contributed by atoms with Gasteiger partial charge in [-0.05, 0) is 28.8 Å². The van der Waals surface area contributed by atoms with Gasteiger partial charge in [-0.2, -0.15) is 17.4 Å². The summed E-state index contributed by atoms with van der Waals surface area (Å²) in [5.41, 5.74) is 0. The molecule has 0 unspecified atom stereocenters. The third kappa shape index (κ3) is 3.44. The molecule has 1 heterocycles. The molecule has 1 aromatic rings. The van der Waals surface area contributed by atoms with Crippen molar-refractivity contribution in [1.29, 1.82) is 0 Å². The summed E-state index contributed by atoms with van der Waals surface area (Å²) in [7, 11) is -1.83. The molecule has 2 rings (SSSR count). The van der Waals surface area contributed by atoms with Gasteiger partial charge in [0.05, 0.1) is 11.0 Å². The molecule has 8 heteroatoms. The molecule has 94 valence electrons. The lowest BCUT2D eigenvalue weighted by Gasteiger charge is -2.16. The summed E-state index contributed by atoms with van der Waals surface area (Å²) in [6, 6.07) is 0.151. The van der Waals surface area contributed by atoms with E-state index in [0.29, 0.717) is 5.82 Å². The van der Waals surface area contributed by atoms with Crippen LogP contribution in [0.1, 0.15) is 18.7 Å². The highest BCUT2D eigenvalue weighted by Crippen LogP contribution is 2.26. The molecule has 0 amide bonds. The highest BCUT2D eigenvalue weighted by atomic mass is 79.9. The molecule has 6 nitrogen and oxygen atoms in total. The average molecular weight is 321 g/mol. The van der Waals surface area contributed by atoms with E-state index in [2.05, 4.69) is 30.6 Å². The number of hydrogen-bond donors (Lipinski definition) is 1. The summed E-state index contributed by atoms with van der Waals surface area (Å²) in [6.07, 6.45) is 5.04. The minimum absolute atomic E-state index is 0.104. The van der Waals surface area contributed by atoms with Gasteiger partial charge in [0.25, 0.3) is 10.2 Å². The van der Waals surface area contributed by atoms with Crippen LogP contribution in [0.4, 0.5) is 0 Å². The van der Waals surface area contributed by atoms with Crippen molar-refractivity contribution in [1.82, 2.24) is 19.0 Å². The van der Waals surface area contributed by atoms with Crippen LogP contribution in [0.25, 0.3) is 0 Å². The molecule has 0 saturated heterocycles. The van der Waals surface area contributed by atoms with Gasteiger partial charge in [0.1, 0.15) is 5.82 Å². The van der Waals surface area contributed by atoms with Crippen molar-refractivity contribution in [3.05, 3.63) is 22.7 Å². The van der Waals surface area contributed by atoms with E-state index in [1.807, 2.05) is 0 Å². The topological polar surface area (TPSA) is 75.2 Å². The molecule has 1 aliphatic carbocycles. The minimum atomic E-state index is -3.41. The Kier molecular flexibility index (Phi) is 3.76. The highest BCUT2D eigenvalue weighted by molar-refractivity contribution is 9.10. The van der Waals surface area contributed by atoms with Gasteiger partial charge >= 0.3 is 0 Å². The molecule has 1 aliphatic rings. The van der Waals surface area contributed by atoms with Crippen molar-refractivity contribution in [2.75, 3.05) is 7.05 Å². The van der Waals surface area contributed by atoms with Crippen molar-refractivity contribution < 1.29 is 8.42 Å². The zero-order valence-corrected chi connectivity index (χ0v) is 11.7. The maximum Gasteiger partial charge on any atom is 0.279 e. The number of aromatic nitrogens is 2. The molecule has 1 fully saturated rings. The standard InChI is InChI=1S/C9H13BrN4O2S/c1-14(8-2-3-8)17(15,16)13-6-9-11-4-7(10)5-12-9/h4-5,8,13H,2-3,6H2,1H3. The normalized spacial score (nSPS) is 16.4. The van der Waals surface area contributed by atoms with Gasteiger partial charge in [-0.15, -0.1) is 0 Å². The second-order valence-electron chi connectivity index (χ2n) is 3.89. The van der Waals surface area contributed by atoms with Crippen LogP contribution in [-0.4, -0.2) is 35.8 Å². The lowest BCUT2D eigenvalue weighted by atomic mass is 10.6. The number of rotatable bonds is 5. The van der Waals surface area contributed by atoms with Crippen LogP contribution in [-0.2, 0) is 16.8 Å². The Morgan fingerprint density at radius 3 is 2.59 bits per heavy atom. The van der Waals surface area contributed by atoms with E-state index in [4.69, 9.17) is 0 Å². The van der Waals surface area contributed by atoms with E-state index in [0.717, 1.165) is 17.3 Å². The Hall–Kier alpha value is -0.570. The first-order valence-corrected chi connectivity index (χ1v) is 7.41. The minimum Gasteiger partial charge on any atom is -0.239 e. The molecule has 0 bridgehead atoms. The molecule has 0 atom stereocenters. The Morgan fingerprint density at radius 1 is 1.47 bits per heavy atom. The predicted octanol–water partition coefficient (Wildman–Crippen LogP) is 0.668. The van der Waals surface area contributed by atoms with Gasteiger partial charge in [-0.3, -0.25) is 0 Å². The van der Waals surface area contributed by atoms with Gasteiger partial charge in [-0.1, -0.05) is 0 Å². The van der Waals surface area contributed by atoms with Crippen LogP contribution in [0.2, 0.25) is 0 Å². The highest BCUT2D eigenvalue weighted by Gasteiger charge is 2.33. The summed E-state index contributed by atoms with van der Waals surface area (Å²) in [4.78, 5) is 8.00. The predicted molar refractivity (Wildman–Crippen MR) is 66.3 cm³/mol. The van der Waals surface area contributed by atoms with Gasteiger partial charge < -0.3 is 0 Å². The molecule has 1 aromatic heterocycles. The molecule has 1 N–H and O–H groups in total. The van der Waals surface area contributed by atoms with Crippen LogP contribution in [0.5, 0.6) is 0 Å². The van der Waals surface area contributed by atoms with E-state index in [9.17, 15) is 8.42 Å². The van der Waals surface area contributed by atoms with Crippen molar-refractivity contribution in [2.45, 2.75) is 25.4 Å². The third-order valence-corrected chi connectivity index (χ3v) is 4.50. The maximum atomic E-state index is 11.8. The first-order chi connectivity index (χ1) is 7.99. The van der Waals surface area contributed by atoms with Crippen molar-refractivity contribution in [3.63, 3.8) is 0 Å². The Balaban J connectivity index is 1.95. The van der Waals surface area contributed by atoms with Crippen LogP contribution < -0.4 is 4.72 Å². The summed E-state index contributed by atoms with van der Waals surface area (Å²) in [5, 5.41) is 0. The molecule has 1 saturated carbocycles. The van der Waals surface area contributed by atoms with E-state index in [1.165, 1.54) is 4.31 Å². The summed E-state index contributed by atoms with van der Waals surface area (Å²) >= 11 is 3.21. The lowest BCUT2D eigenvalue weighted by Crippen LogP contribution is -2.39. The second kappa shape index (κ2) is 4.97. The number of halogens is 1. The van der Waals surface area contributed by atoms with Crippen LogP contribution >= 0.6 is 15.9 Å².